The molecule has 2 amide bonds. The molecule has 1 unspecified atom stereocenters. The summed E-state index contributed by atoms with van der Waals surface area (Å²) in [6, 6.07) is -0.410. The van der Waals surface area contributed by atoms with Crippen molar-refractivity contribution >= 4 is 11.8 Å². The van der Waals surface area contributed by atoms with Gasteiger partial charge in [-0.1, -0.05) is 13.8 Å². The largest absolute Gasteiger partial charge is 0.353 e. The third-order valence-corrected chi connectivity index (χ3v) is 4.62. The van der Waals surface area contributed by atoms with E-state index < -0.39 is 11.8 Å². The van der Waals surface area contributed by atoms with E-state index in [1.807, 2.05) is 20.8 Å². The van der Waals surface area contributed by atoms with Gasteiger partial charge in [-0.3, -0.25) is 14.5 Å². The smallest absolute Gasteiger partial charge is 0.245 e. The predicted molar refractivity (Wildman–Crippen MR) is 80.5 cm³/mol. The highest BCUT2D eigenvalue weighted by atomic mass is 16.5. The van der Waals surface area contributed by atoms with Crippen molar-refractivity contribution in [2.24, 2.45) is 5.92 Å². The second-order valence-corrected chi connectivity index (χ2v) is 6.74. The Morgan fingerprint density at radius 2 is 1.95 bits per heavy atom. The highest BCUT2D eigenvalue weighted by Gasteiger charge is 2.52. The highest BCUT2D eigenvalue weighted by Crippen LogP contribution is 2.42. The van der Waals surface area contributed by atoms with E-state index in [0.717, 1.165) is 25.7 Å². The van der Waals surface area contributed by atoms with Crippen molar-refractivity contribution in [3.8, 4) is 0 Å². The number of hydrogen-bond donors (Lipinski definition) is 1. The van der Waals surface area contributed by atoms with E-state index in [0.29, 0.717) is 18.9 Å². The van der Waals surface area contributed by atoms with Crippen LogP contribution in [0.3, 0.4) is 0 Å². The Bertz CT molecular complexity index is 400. The molecule has 120 valence electrons. The Kier molecular flexibility index (Phi) is 4.91. The van der Waals surface area contributed by atoms with E-state index in [4.69, 9.17) is 4.74 Å². The number of amides is 2. The molecule has 2 fully saturated rings. The maximum Gasteiger partial charge on any atom is 0.245 e. The van der Waals surface area contributed by atoms with Crippen LogP contribution in [0.25, 0.3) is 0 Å². The quantitative estimate of drug-likeness (QED) is 0.867. The van der Waals surface area contributed by atoms with Gasteiger partial charge in [0.1, 0.15) is 11.8 Å². The third kappa shape index (κ3) is 3.23. The molecule has 0 radical (unpaired) electrons. The van der Waals surface area contributed by atoms with E-state index in [-0.39, 0.29) is 17.9 Å². The van der Waals surface area contributed by atoms with Gasteiger partial charge in [0.2, 0.25) is 11.8 Å². The molecule has 21 heavy (non-hydrogen) atoms. The summed E-state index contributed by atoms with van der Waals surface area (Å²) in [5.74, 6) is 0.592. The van der Waals surface area contributed by atoms with Gasteiger partial charge in [-0.25, -0.2) is 0 Å². The molecule has 5 nitrogen and oxygen atoms in total. The van der Waals surface area contributed by atoms with Crippen LogP contribution < -0.4 is 5.32 Å². The molecule has 0 aromatic heterocycles. The van der Waals surface area contributed by atoms with Gasteiger partial charge < -0.3 is 10.1 Å². The minimum Gasteiger partial charge on any atom is -0.353 e. The van der Waals surface area contributed by atoms with E-state index in [9.17, 15) is 9.59 Å². The minimum absolute atomic E-state index is 0.0194. The third-order valence-electron chi connectivity index (χ3n) is 4.62. The number of carbonyl (C=O) groups is 2. The van der Waals surface area contributed by atoms with Crippen molar-refractivity contribution in [2.45, 2.75) is 77.6 Å². The summed E-state index contributed by atoms with van der Waals surface area (Å²) in [6.07, 6.45) is 4.18. The fourth-order valence-electron chi connectivity index (χ4n) is 3.41. The van der Waals surface area contributed by atoms with Crippen molar-refractivity contribution < 1.29 is 14.3 Å². The van der Waals surface area contributed by atoms with Crippen molar-refractivity contribution in [3.63, 3.8) is 0 Å². The zero-order chi connectivity index (χ0) is 15.6. The lowest BCUT2D eigenvalue weighted by molar-refractivity contribution is -0.161. The molecule has 2 rings (SSSR count). The lowest BCUT2D eigenvalue weighted by Crippen LogP contribution is -2.57. The average Bonchev–Trinajstić information content (AvgIpc) is 2.80. The maximum absolute atomic E-state index is 12.4. The minimum atomic E-state index is -0.543. The van der Waals surface area contributed by atoms with Gasteiger partial charge >= 0.3 is 0 Å². The number of nitrogens with one attached hydrogen (secondary N) is 1. The molecule has 1 aliphatic carbocycles. The van der Waals surface area contributed by atoms with Gasteiger partial charge in [-0.2, -0.15) is 0 Å². The molecule has 1 heterocycles. The number of hydrogen-bond acceptors (Lipinski definition) is 3. The van der Waals surface area contributed by atoms with Crippen molar-refractivity contribution in [2.75, 3.05) is 6.61 Å². The van der Waals surface area contributed by atoms with E-state index >= 15 is 0 Å². The molecule has 2 aliphatic rings. The molecular weight excluding hydrogens is 268 g/mol. The first kappa shape index (κ1) is 16.3. The zero-order valence-electron chi connectivity index (χ0n) is 13.6. The Balaban J connectivity index is 2.20. The lowest BCUT2D eigenvalue weighted by atomic mass is 9.83. The summed E-state index contributed by atoms with van der Waals surface area (Å²) in [6.45, 7) is 8.25. The van der Waals surface area contributed by atoms with Crippen LogP contribution in [0.1, 0.15) is 59.8 Å². The summed E-state index contributed by atoms with van der Waals surface area (Å²) < 4.78 is 6.02. The molecule has 0 aromatic rings. The fraction of sp³-hybridized carbons (Fsp3) is 0.875. The van der Waals surface area contributed by atoms with Gasteiger partial charge in [-0.05, 0) is 45.4 Å². The van der Waals surface area contributed by atoms with Crippen LogP contribution in [0.5, 0.6) is 0 Å². The molecular formula is C16H28N2O3. The normalized spacial score (nSPS) is 32.7. The number of nitrogens with zero attached hydrogens (tertiary/aromatic N) is 1. The SMILES string of the molecule is CCC(=O)N1C(C(=O)NC(C)C)COC12CCC(C)CC2. The number of carbonyl (C=O) groups excluding carboxylic acids is 2. The Morgan fingerprint density at radius 3 is 2.48 bits per heavy atom. The topological polar surface area (TPSA) is 58.6 Å². The summed E-state index contributed by atoms with van der Waals surface area (Å²) >= 11 is 0. The van der Waals surface area contributed by atoms with Gasteiger partial charge in [0.25, 0.3) is 0 Å². The zero-order valence-corrected chi connectivity index (χ0v) is 13.6. The molecule has 1 atom stereocenters. The van der Waals surface area contributed by atoms with Gasteiger partial charge in [-0.15, -0.1) is 0 Å². The molecule has 5 heteroatoms. The maximum atomic E-state index is 12.4. The highest BCUT2D eigenvalue weighted by molar-refractivity contribution is 5.88. The molecule has 1 aliphatic heterocycles. The molecule has 1 saturated heterocycles. The van der Waals surface area contributed by atoms with Gasteiger partial charge in [0.15, 0.2) is 0 Å². The molecule has 1 spiro atoms. The van der Waals surface area contributed by atoms with Gasteiger partial charge in [0, 0.05) is 12.5 Å². The lowest BCUT2D eigenvalue weighted by Gasteiger charge is -2.43. The summed E-state index contributed by atoms with van der Waals surface area (Å²) in [5.41, 5.74) is -0.543. The van der Waals surface area contributed by atoms with Crippen LogP contribution in [0.4, 0.5) is 0 Å². The van der Waals surface area contributed by atoms with Crippen LogP contribution in [-0.4, -0.2) is 41.1 Å². The first-order chi connectivity index (χ1) is 9.89. The van der Waals surface area contributed by atoms with Crippen LogP contribution in [-0.2, 0) is 14.3 Å². The van der Waals surface area contributed by atoms with Crippen LogP contribution in [0, 0.1) is 5.92 Å². The Morgan fingerprint density at radius 1 is 1.33 bits per heavy atom. The van der Waals surface area contributed by atoms with Crippen LogP contribution in [0.2, 0.25) is 0 Å². The fourth-order valence-corrected chi connectivity index (χ4v) is 3.41. The predicted octanol–water partition coefficient (Wildman–Crippen LogP) is 2.05. The van der Waals surface area contributed by atoms with E-state index in [1.54, 1.807) is 4.90 Å². The first-order valence-corrected chi connectivity index (χ1v) is 8.16. The van der Waals surface area contributed by atoms with Gasteiger partial charge in [0.05, 0.1) is 6.61 Å². The standard InChI is InChI=1S/C16H28N2O3/c1-5-14(19)18-13(15(20)17-11(2)3)10-21-16(18)8-6-12(4)7-9-16/h11-13H,5-10H2,1-4H3,(H,17,20). The second kappa shape index (κ2) is 6.34. The Hall–Kier alpha value is -1.10. The second-order valence-electron chi connectivity index (χ2n) is 6.74. The monoisotopic (exact) mass is 296 g/mol. The summed E-state index contributed by atoms with van der Waals surface area (Å²) in [4.78, 5) is 26.6. The average molecular weight is 296 g/mol. The van der Waals surface area contributed by atoms with E-state index in [1.165, 1.54) is 0 Å². The van der Waals surface area contributed by atoms with Crippen molar-refractivity contribution in [1.82, 2.24) is 10.2 Å². The van der Waals surface area contributed by atoms with Crippen LogP contribution >= 0.6 is 0 Å². The summed E-state index contributed by atoms with van der Waals surface area (Å²) in [7, 11) is 0. The molecule has 0 bridgehead atoms. The number of ether oxygens (including phenoxy) is 1. The Labute approximate surface area is 127 Å². The molecule has 1 saturated carbocycles. The molecule has 1 N–H and O–H groups in total. The van der Waals surface area contributed by atoms with Crippen molar-refractivity contribution in [3.05, 3.63) is 0 Å². The summed E-state index contributed by atoms with van der Waals surface area (Å²) in [5, 5.41) is 2.91. The van der Waals surface area contributed by atoms with Crippen molar-refractivity contribution in [1.29, 1.82) is 0 Å². The van der Waals surface area contributed by atoms with E-state index in [2.05, 4.69) is 12.2 Å². The first-order valence-electron chi connectivity index (χ1n) is 8.16. The number of rotatable bonds is 3. The van der Waals surface area contributed by atoms with Crippen LogP contribution in [0.15, 0.2) is 0 Å². The molecule has 0 aromatic carbocycles.